The van der Waals surface area contributed by atoms with Crippen LogP contribution in [0, 0.1) is 5.92 Å². The predicted molar refractivity (Wildman–Crippen MR) is 107 cm³/mol. The zero-order chi connectivity index (χ0) is 17.8. The van der Waals surface area contributed by atoms with Crippen molar-refractivity contribution in [1.29, 1.82) is 0 Å². The Morgan fingerprint density at radius 2 is 2.00 bits per heavy atom. The third kappa shape index (κ3) is 4.14. The van der Waals surface area contributed by atoms with Gasteiger partial charge in [-0.15, -0.1) is 0 Å². The second kappa shape index (κ2) is 8.17. The number of carbonyl (C=O) groups excluding carboxylic acids is 1. The van der Waals surface area contributed by atoms with Gasteiger partial charge in [-0.05, 0) is 49.9 Å². The van der Waals surface area contributed by atoms with Crippen LogP contribution >= 0.6 is 15.9 Å². The van der Waals surface area contributed by atoms with Gasteiger partial charge in [0, 0.05) is 46.8 Å². The molecule has 0 aliphatic carbocycles. The topological polar surface area (TPSA) is 45.2 Å². The average molecular weight is 404 g/mol. The minimum Gasteiger partial charge on any atom is -0.382 e. The molecule has 1 aliphatic rings. The van der Waals surface area contributed by atoms with E-state index in [2.05, 4.69) is 51.0 Å². The molecule has 0 saturated carbocycles. The SMILES string of the molecule is CCC(CC)C(=O)N1CCC(Nc2ccnc3cc(Br)ccc23)CC1. The molecule has 2 heterocycles. The molecule has 1 N–H and O–H groups in total. The van der Waals surface area contributed by atoms with Crippen molar-refractivity contribution in [2.45, 2.75) is 45.6 Å². The second-order valence-electron chi connectivity index (χ2n) is 6.78. The third-order valence-corrected chi connectivity index (χ3v) is 5.70. The molecule has 1 saturated heterocycles. The van der Waals surface area contributed by atoms with E-state index in [1.54, 1.807) is 0 Å². The zero-order valence-electron chi connectivity index (χ0n) is 15.0. The van der Waals surface area contributed by atoms with E-state index in [9.17, 15) is 4.79 Å². The van der Waals surface area contributed by atoms with Gasteiger partial charge in [-0.25, -0.2) is 0 Å². The van der Waals surface area contributed by atoms with Crippen molar-refractivity contribution in [3.63, 3.8) is 0 Å². The Labute approximate surface area is 158 Å². The molecule has 0 atom stereocenters. The molecule has 1 aromatic carbocycles. The fourth-order valence-corrected chi connectivity index (χ4v) is 3.96. The summed E-state index contributed by atoms with van der Waals surface area (Å²) in [6.07, 6.45) is 5.71. The lowest BCUT2D eigenvalue weighted by molar-refractivity contribution is -0.136. The van der Waals surface area contributed by atoms with Crippen molar-refractivity contribution >= 4 is 38.4 Å². The molecule has 1 fully saturated rings. The molecule has 1 aliphatic heterocycles. The number of halogens is 1. The van der Waals surface area contributed by atoms with Crippen molar-refractivity contribution in [2.75, 3.05) is 18.4 Å². The Balaban J connectivity index is 1.64. The molecule has 1 aromatic heterocycles. The Bertz CT molecular complexity index is 737. The summed E-state index contributed by atoms with van der Waals surface area (Å²) >= 11 is 3.50. The Morgan fingerprint density at radius 3 is 2.68 bits per heavy atom. The number of amides is 1. The number of rotatable bonds is 5. The van der Waals surface area contributed by atoms with Gasteiger partial charge in [-0.3, -0.25) is 9.78 Å². The molecule has 25 heavy (non-hydrogen) atoms. The number of nitrogens with one attached hydrogen (secondary N) is 1. The summed E-state index contributed by atoms with van der Waals surface area (Å²) in [5.74, 6) is 0.523. The smallest absolute Gasteiger partial charge is 0.225 e. The molecule has 0 spiro atoms. The standard InChI is InChI=1S/C20H26BrN3O/c1-3-14(4-2)20(25)24-11-8-16(9-12-24)23-18-7-10-22-19-13-15(21)5-6-17(18)19/h5-7,10,13-14,16H,3-4,8-9,11-12H2,1-2H3,(H,22,23). The number of pyridine rings is 1. The molecule has 4 nitrogen and oxygen atoms in total. The number of hydrogen-bond donors (Lipinski definition) is 1. The number of anilines is 1. The summed E-state index contributed by atoms with van der Waals surface area (Å²) in [5, 5.41) is 4.81. The quantitative estimate of drug-likeness (QED) is 0.776. The summed E-state index contributed by atoms with van der Waals surface area (Å²) in [4.78, 5) is 19.0. The minimum absolute atomic E-state index is 0.187. The number of aromatic nitrogens is 1. The van der Waals surface area contributed by atoms with E-state index in [-0.39, 0.29) is 5.92 Å². The van der Waals surface area contributed by atoms with Crippen LogP contribution in [-0.2, 0) is 4.79 Å². The molecule has 5 heteroatoms. The first-order valence-electron chi connectivity index (χ1n) is 9.22. The molecule has 1 amide bonds. The number of hydrogen-bond acceptors (Lipinski definition) is 3. The average Bonchev–Trinajstić information content (AvgIpc) is 2.63. The summed E-state index contributed by atoms with van der Waals surface area (Å²) < 4.78 is 1.04. The first kappa shape index (κ1) is 18.2. The van der Waals surface area contributed by atoms with Gasteiger partial charge in [0.25, 0.3) is 0 Å². The van der Waals surface area contributed by atoms with E-state index >= 15 is 0 Å². The number of benzene rings is 1. The fraction of sp³-hybridized carbons (Fsp3) is 0.500. The van der Waals surface area contributed by atoms with Crippen LogP contribution < -0.4 is 5.32 Å². The van der Waals surface area contributed by atoms with E-state index in [0.717, 1.165) is 59.8 Å². The van der Waals surface area contributed by atoms with Gasteiger partial charge >= 0.3 is 0 Å². The first-order valence-corrected chi connectivity index (χ1v) is 10.0. The van der Waals surface area contributed by atoms with Crippen LogP contribution in [-0.4, -0.2) is 34.9 Å². The monoisotopic (exact) mass is 403 g/mol. The minimum atomic E-state index is 0.187. The van der Waals surface area contributed by atoms with Gasteiger partial charge in [-0.1, -0.05) is 29.8 Å². The Kier molecular flexibility index (Phi) is 5.94. The molecule has 0 unspecified atom stereocenters. The van der Waals surface area contributed by atoms with Crippen molar-refractivity contribution < 1.29 is 4.79 Å². The highest BCUT2D eigenvalue weighted by molar-refractivity contribution is 9.10. The van der Waals surface area contributed by atoms with E-state index in [4.69, 9.17) is 0 Å². The Morgan fingerprint density at radius 1 is 1.28 bits per heavy atom. The lowest BCUT2D eigenvalue weighted by atomic mass is 9.98. The zero-order valence-corrected chi connectivity index (χ0v) is 16.6. The number of nitrogens with zero attached hydrogens (tertiary/aromatic N) is 2. The molecule has 0 bridgehead atoms. The second-order valence-corrected chi connectivity index (χ2v) is 7.69. The first-order chi connectivity index (χ1) is 12.1. The number of carbonyl (C=O) groups is 1. The maximum Gasteiger partial charge on any atom is 0.225 e. The maximum atomic E-state index is 12.5. The van der Waals surface area contributed by atoms with Gasteiger partial charge in [0.15, 0.2) is 0 Å². The highest BCUT2D eigenvalue weighted by Crippen LogP contribution is 2.27. The van der Waals surface area contributed by atoms with Gasteiger partial charge in [0.05, 0.1) is 5.52 Å². The lowest BCUT2D eigenvalue weighted by Gasteiger charge is -2.34. The van der Waals surface area contributed by atoms with Gasteiger partial charge in [0.1, 0.15) is 0 Å². The van der Waals surface area contributed by atoms with Gasteiger partial charge in [0.2, 0.25) is 5.91 Å². The number of fused-ring (bicyclic) bond motifs is 1. The van der Waals surface area contributed by atoms with Gasteiger partial charge in [-0.2, -0.15) is 0 Å². The van der Waals surface area contributed by atoms with Crippen LogP contribution in [0.4, 0.5) is 5.69 Å². The van der Waals surface area contributed by atoms with E-state index < -0.39 is 0 Å². The van der Waals surface area contributed by atoms with Crippen molar-refractivity contribution in [3.05, 3.63) is 34.9 Å². The molecular formula is C20H26BrN3O. The van der Waals surface area contributed by atoms with Crippen LogP contribution in [0.2, 0.25) is 0 Å². The van der Waals surface area contributed by atoms with Crippen molar-refractivity contribution in [1.82, 2.24) is 9.88 Å². The summed E-state index contributed by atoms with van der Waals surface area (Å²) in [6, 6.07) is 8.63. The van der Waals surface area contributed by atoms with E-state index in [1.165, 1.54) is 0 Å². The van der Waals surface area contributed by atoms with Crippen LogP contribution in [0.1, 0.15) is 39.5 Å². The van der Waals surface area contributed by atoms with E-state index in [0.29, 0.717) is 11.9 Å². The predicted octanol–water partition coefficient (Wildman–Crippen LogP) is 4.84. The van der Waals surface area contributed by atoms with Gasteiger partial charge < -0.3 is 10.2 Å². The molecular weight excluding hydrogens is 378 g/mol. The molecule has 2 aromatic rings. The largest absolute Gasteiger partial charge is 0.382 e. The van der Waals surface area contributed by atoms with Crippen LogP contribution in [0.3, 0.4) is 0 Å². The lowest BCUT2D eigenvalue weighted by Crippen LogP contribution is -2.44. The summed E-state index contributed by atoms with van der Waals surface area (Å²) in [7, 11) is 0. The maximum absolute atomic E-state index is 12.5. The number of likely N-dealkylation sites (tertiary alicyclic amines) is 1. The van der Waals surface area contributed by atoms with Crippen LogP contribution in [0.15, 0.2) is 34.9 Å². The molecule has 0 radical (unpaired) electrons. The van der Waals surface area contributed by atoms with Crippen LogP contribution in [0.25, 0.3) is 10.9 Å². The summed E-state index contributed by atoms with van der Waals surface area (Å²) in [6.45, 7) is 5.91. The van der Waals surface area contributed by atoms with Crippen molar-refractivity contribution in [2.24, 2.45) is 5.92 Å². The third-order valence-electron chi connectivity index (χ3n) is 5.21. The normalized spacial score (nSPS) is 15.8. The molecule has 3 rings (SSSR count). The fourth-order valence-electron chi connectivity index (χ4n) is 3.61. The highest BCUT2D eigenvalue weighted by Gasteiger charge is 2.26. The molecule has 134 valence electrons. The summed E-state index contributed by atoms with van der Waals surface area (Å²) in [5.41, 5.74) is 2.11. The van der Waals surface area contributed by atoms with E-state index in [1.807, 2.05) is 24.4 Å². The van der Waals surface area contributed by atoms with Crippen molar-refractivity contribution in [3.8, 4) is 0 Å². The highest BCUT2D eigenvalue weighted by atomic mass is 79.9. The number of piperidine rings is 1. The Hall–Kier alpha value is -1.62. The van der Waals surface area contributed by atoms with Crippen LogP contribution in [0.5, 0.6) is 0 Å².